The van der Waals surface area contributed by atoms with E-state index in [4.69, 9.17) is 11.6 Å². The van der Waals surface area contributed by atoms with Crippen LogP contribution in [0.5, 0.6) is 0 Å². The number of aryl methyl sites for hydroxylation is 1. The molecule has 0 aliphatic heterocycles. The summed E-state index contributed by atoms with van der Waals surface area (Å²) in [5.74, 6) is -0.470. The molecule has 1 heterocycles. The molecule has 0 spiro atoms. The second-order valence-corrected chi connectivity index (χ2v) is 6.02. The van der Waals surface area contributed by atoms with Crippen molar-refractivity contribution in [2.45, 2.75) is 19.4 Å². The van der Waals surface area contributed by atoms with Crippen LogP contribution < -0.4 is 16.0 Å². The van der Waals surface area contributed by atoms with Crippen LogP contribution in [0.25, 0.3) is 0 Å². The number of carbonyl (C=O) groups excluding carboxylic acids is 2. The number of anilines is 1. The molecule has 7 nitrogen and oxygen atoms in total. The molecule has 0 saturated carbocycles. The van der Waals surface area contributed by atoms with Crippen LogP contribution in [0.4, 0.5) is 5.69 Å². The van der Waals surface area contributed by atoms with Crippen molar-refractivity contribution in [1.29, 1.82) is 0 Å². The lowest BCUT2D eigenvalue weighted by Crippen LogP contribution is -2.30. The number of hydrogen-bond acceptors (Lipinski definition) is 4. The maximum absolute atomic E-state index is 12.5. The summed E-state index contributed by atoms with van der Waals surface area (Å²) in [6.07, 6.45) is 4.25. The molecule has 1 unspecified atom stereocenters. The Morgan fingerprint density at radius 1 is 1.36 bits per heavy atom. The zero-order chi connectivity index (χ0) is 18.4. The topological polar surface area (TPSA) is 88.1 Å². The molecule has 1 atom stereocenters. The van der Waals surface area contributed by atoms with Crippen molar-refractivity contribution < 1.29 is 9.59 Å². The van der Waals surface area contributed by atoms with E-state index in [1.54, 1.807) is 49.4 Å². The van der Waals surface area contributed by atoms with Gasteiger partial charge in [-0.3, -0.25) is 14.3 Å². The summed E-state index contributed by atoms with van der Waals surface area (Å²) in [5, 5.41) is 12.9. The van der Waals surface area contributed by atoms with Gasteiger partial charge >= 0.3 is 0 Å². The van der Waals surface area contributed by atoms with Gasteiger partial charge in [0.05, 0.1) is 16.8 Å². The van der Waals surface area contributed by atoms with Gasteiger partial charge in [-0.05, 0) is 31.7 Å². The van der Waals surface area contributed by atoms with Gasteiger partial charge in [0, 0.05) is 31.0 Å². The first-order chi connectivity index (χ1) is 12.0. The average Bonchev–Trinajstić information content (AvgIpc) is 2.99. The Bertz CT molecular complexity index is 759. The number of likely N-dealkylation sites (N-methyl/N-ethyl adjacent to an activating group) is 1. The van der Waals surface area contributed by atoms with E-state index in [0.29, 0.717) is 17.8 Å². The SMILES string of the molecule is CCCNC(=O)c1ccc(NC(=O)C(NC)c2cnn(C)c2)cc1Cl. The Kier molecular flexibility index (Phi) is 6.55. The lowest BCUT2D eigenvalue weighted by atomic mass is 10.1. The molecule has 1 aromatic carbocycles. The highest BCUT2D eigenvalue weighted by molar-refractivity contribution is 6.34. The first kappa shape index (κ1) is 19.0. The monoisotopic (exact) mass is 363 g/mol. The van der Waals surface area contributed by atoms with E-state index >= 15 is 0 Å². The minimum atomic E-state index is -0.542. The highest BCUT2D eigenvalue weighted by atomic mass is 35.5. The molecule has 0 fully saturated rings. The predicted molar refractivity (Wildman–Crippen MR) is 97.7 cm³/mol. The van der Waals surface area contributed by atoms with Crippen LogP contribution >= 0.6 is 11.6 Å². The van der Waals surface area contributed by atoms with Gasteiger partial charge in [0.1, 0.15) is 6.04 Å². The molecule has 134 valence electrons. The second kappa shape index (κ2) is 8.64. The van der Waals surface area contributed by atoms with Crippen LogP contribution in [0, 0.1) is 0 Å². The highest BCUT2D eigenvalue weighted by Gasteiger charge is 2.20. The number of benzene rings is 1. The molecule has 2 rings (SSSR count). The lowest BCUT2D eigenvalue weighted by Gasteiger charge is -2.15. The molecule has 25 heavy (non-hydrogen) atoms. The first-order valence-electron chi connectivity index (χ1n) is 8.00. The number of aromatic nitrogens is 2. The molecule has 2 aromatic rings. The Morgan fingerprint density at radius 3 is 2.68 bits per heavy atom. The van der Waals surface area contributed by atoms with Gasteiger partial charge in [-0.2, -0.15) is 5.10 Å². The number of nitrogens with zero attached hydrogens (tertiary/aromatic N) is 2. The summed E-state index contributed by atoms with van der Waals surface area (Å²) < 4.78 is 1.63. The summed E-state index contributed by atoms with van der Waals surface area (Å²) in [5.41, 5.74) is 1.65. The highest BCUT2D eigenvalue weighted by Crippen LogP contribution is 2.22. The molecule has 1 aromatic heterocycles. The van der Waals surface area contributed by atoms with Crippen LogP contribution in [0.15, 0.2) is 30.6 Å². The Hall–Kier alpha value is -2.38. The molecular formula is C17H22ClN5O2. The van der Waals surface area contributed by atoms with Crippen molar-refractivity contribution in [1.82, 2.24) is 20.4 Å². The maximum Gasteiger partial charge on any atom is 0.252 e. The number of amides is 2. The molecule has 0 bridgehead atoms. The van der Waals surface area contributed by atoms with Gasteiger partial charge in [-0.25, -0.2) is 0 Å². The number of rotatable bonds is 7. The quantitative estimate of drug-likeness (QED) is 0.703. The Morgan fingerprint density at radius 2 is 2.12 bits per heavy atom. The zero-order valence-corrected chi connectivity index (χ0v) is 15.2. The molecular weight excluding hydrogens is 342 g/mol. The molecule has 8 heteroatoms. The van der Waals surface area contributed by atoms with E-state index in [1.807, 2.05) is 6.92 Å². The van der Waals surface area contributed by atoms with Gasteiger partial charge in [-0.1, -0.05) is 18.5 Å². The van der Waals surface area contributed by atoms with E-state index in [2.05, 4.69) is 21.0 Å². The predicted octanol–water partition coefficient (Wildman–Crippen LogP) is 2.11. The standard InChI is InChI=1S/C17H22ClN5O2/c1-4-7-20-16(24)13-6-5-12(8-14(13)18)22-17(25)15(19-2)11-9-21-23(3)10-11/h5-6,8-10,15,19H,4,7H2,1-3H3,(H,20,24)(H,22,25). The van der Waals surface area contributed by atoms with Crippen LogP contribution in [-0.4, -0.2) is 35.2 Å². The summed E-state index contributed by atoms with van der Waals surface area (Å²) in [6.45, 7) is 2.56. The largest absolute Gasteiger partial charge is 0.352 e. The molecule has 3 N–H and O–H groups in total. The number of halogens is 1. The fourth-order valence-corrected chi connectivity index (χ4v) is 2.63. The number of hydrogen-bond donors (Lipinski definition) is 3. The van der Waals surface area contributed by atoms with Gasteiger partial charge in [-0.15, -0.1) is 0 Å². The van der Waals surface area contributed by atoms with E-state index in [0.717, 1.165) is 12.0 Å². The zero-order valence-electron chi connectivity index (χ0n) is 14.5. The van der Waals surface area contributed by atoms with Crippen LogP contribution in [0.1, 0.15) is 35.3 Å². The van der Waals surface area contributed by atoms with Crippen molar-refractivity contribution in [3.63, 3.8) is 0 Å². The van der Waals surface area contributed by atoms with Gasteiger partial charge in [0.2, 0.25) is 5.91 Å². The maximum atomic E-state index is 12.5. The molecule has 0 saturated heterocycles. The fourth-order valence-electron chi connectivity index (χ4n) is 2.36. The van der Waals surface area contributed by atoms with Crippen molar-refractivity contribution >= 4 is 29.1 Å². The average molecular weight is 364 g/mol. The Labute approximate surface area is 151 Å². The van der Waals surface area contributed by atoms with Crippen molar-refractivity contribution in [2.24, 2.45) is 7.05 Å². The summed E-state index contributed by atoms with van der Waals surface area (Å²) in [6, 6.07) is 4.28. The van der Waals surface area contributed by atoms with E-state index in [-0.39, 0.29) is 16.8 Å². The third-order valence-corrected chi connectivity index (χ3v) is 3.94. The van der Waals surface area contributed by atoms with Gasteiger partial charge in [0.15, 0.2) is 0 Å². The minimum absolute atomic E-state index is 0.229. The summed E-state index contributed by atoms with van der Waals surface area (Å²) >= 11 is 6.18. The molecule has 0 aliphatic carbocycles. The molecule has 0 aliphatic rings. The van der Waals surface area contributed by atoms with E-state index in [9.17, 15) is 9.59 Å². The Balaban J connectivity index is 2.10. The van der Waals surface area contributed by atoms with Gasteiger partial charge in [0.25, 0.3) is 5.91 Å². The minimum Gasteiger partial charge on any atom is -0.352 e. The molecule has 2 amide bonds. The first-order valence-corrected chi connectivity index (χ1v) is 8.38. The van der Waals surface area contributed by atoms with E-state index < -0.39 is 6.04 Å². The third kappa shape index (κ3) is 4.80. The van der Waals surface area contributed by atoms with E-state index in [1.165, 1.54) is 0 Å². The van der Waals surface area contributed by atoms with Crippen LogP contribution in [0.2, 0.25) is 5.02 Å². The van der Waals surface area contributed by atoms with Crippen LogP contribution in [-0.2, 0) is 11.8 Å². The third-order valence-electron chi connectivity index (χ3n) is 3.63. The van der Waals surface area contributed by atoms with Crippen LogP contribution in [0.3, 0.4) is 0 Å². The van der Waals surface area contributed by atoms with Gasteiger partial charge < -0.3 is 16.0 Å². The van der Waals surface area contributed by atoms with Crippen molar-refractivity contribution in [3.8, 4) is 0 Å². The summed E-state index contributed by atoms with van der Waals surface area (Å²) in [7, 11) is 3.49. The summed E-state index contributed by atoms with van der Waals surface area (Å²) in [4.78, 5) is 24.5. The van der Waals surface area contributed by atoms with Crippen molar-refractivity contribution in [3.05, 3.63) is 46.7 Å². The fraction of sp³-hybridized carbons (Fsp3) is 0.353. The normalized spacial score (nSPS) is 11.8. The second-order valence-electron chi connectivity index (χ2n) is 5.61. The molecule has 0 radical (unpaired) electrons. The number of carbonyl (C=O) groups is 2. The smallest absolute Gasteiger partial charge is 0.252 e. The van der Waals surface area contributed by atoms with Crippen molar-refractivity contribution in [2.75, 3.05) is 18.9 Å². The number of nitrogens with one attached hydrogen (secondary N) is 3. The lowest BCUT2D eigenvalue weighted by molar-refractivity contribution is -0.118.